The van der Waals surface area contributed by atoms with Crippen molar-refractivity contribution in [1.82, 2.24) is 4.90 Å². The van der Waals surface area contributed by atoms with Crippen LogP contribution in [-0.4, -0.2) is 58.7 Å². The molecule has 0 fully saturated rings. The zero-order valence-corrected chi connectivity index (χ0v) is 19.7. The predicted molar refractivity (Wildman–Crippen MR) is 105 cm³/mol. The average molecular weight is 424 g/mol. The summed E-state index contributed by atoms with van der Waals surface area (Å²) in [5.74, 6) is 0. The minimum Gasteiger partial charge on any atom is -0.741 e. The third-order valence-corrected chi connectivity index (χ3v) is 12.4. The lowest BCUT2D eigenvalue weighted by atomic mass is 10.2. The monoisotopic (exact) mass is 423 g/mol. The van der Waals surface area contributed by atoms with Gasteiger partial charge >= 0.3 is 5.51 Å². The molecule has 0 aromatic carbocycles. The van der Waals surface area contributed by atoms with E-state index in [2.05, 4.69) is 80.8 Å². The average Bonchev–Trinajstić information content (AvgIpc) is 2.29. The standard InChI is InChI=1S/C16H37NP.CHF3O3S/c1-13(2)17(14(3)4)12-18(11,15(5,6)7)16(8,9)10;2-1(3,4)8(5,6)7/h13-14H,12H2,1-11H3;(H,5,6,7)/q+1;/p-1. The lowest BCUT2D eigenvalue weighted by molar-refractivity contribution is -0.0517. The highest BCUT2D eigenvalue weighted by molar-refractivity contribution is 7.86. The molecule has 0 radical (unpaired) electrons. The van der Waals surface area contributed by atoms with Gasteiger partial charge in [0.2, 0.25) is 0 Å². The van der Waals surface area contributed by atoms with Crippen molar-refractivity contribution in [3.8, 4) is 0 Å². The second kappa shape index (κ2) is 9.06. The Balaban J connectivity index is 0. The molecule has 160 valence electrons. The molecule has 0 aromatic rings. The highest BCUT2D eigenvalue weighted by Gasteiger charge is 2.54. The number of hydrogen-bond acceptors (Lipinski definition) is 4. The summed E-state index contributed by atoms with van der Waals surface area (Å²) in [6.45, 7) is 26.5. The van der Waals surface area contributed by atoms with Gasteiger partial charge in [-0.3, -0.25) is 4.90 Å². The number of alkyl halides is 3. The summed E-state index contributed by atoms with van der Waals surface area (Å²) in [5.41, 5.74) is -5.65. The van der Waals surface area contributed by atoms with E-state index in [9.17, 15) is 13.2 Å². The van der Waals surface area contributed by atoms with Crippen LogP contribution in [-0.2, 0) is 10.1 Å². The molecule has 0 N–H and O–H groups in total. The first-order valence-electron chi connectivity index (χ1n) is 8.62. The summed E-state index contributed by atoms with van der Waals surface area (Å²) in [5, 5.41) is 0.820. The molecule has 26 heavy (non-hydrogen) atoms. The molecule has 0 bridgehead atoms. The van der Waals surface area contributed by atoms with Crippen molar-refractivity contribution in [3.05, 3.63) is 0 Å². The largest absolute Gasteiger partial charge is 0.741 e. The Bertz CT molecular complexity index is 511. The molecule has 0 aliphatic heterocycles. The molecule has 9 heteroatoms. The van der Waals surface area contributed by atoms with Gasteiger partial charge in [0.25, 0.3) is 0 Å². The summed E-state index contributed by atoms with van der Waals surface area (Å²) in [7, 11) is -7.17. The van der Waals surface area contributed by atoms with E-state index >= 15 is 0 Å². The van der Waals surface area contributed by atoms with E-state index in [1.165, 1.54) is 6.29 Å². The molecule has 0 aliphatic rings. The fraction of sp³-hybridized carbons (Fsp3) is 1.00. The van der Waals surface area contributed by atoms with Crippen LogP contribution in [0.25, 0.3) is 0 Å². The quantitative estimate of drug-likeness (QED) is 0.347. The van der Waals surface area contributed by atoms with Crippen LogP contribution in [0.15, 0.2) is 0 Å². The molecule has 0 rings (SSSR count). The summed E-state index contributed by atoms with van der Waals surface area (Å²) < 4.78 is 58.9. The topological polar surface area (TPSA) is 60.4 Å². The van der Waals surface area contributed by atoms with E-state index in [0.717, 1.165) is 0 Å². The molecule has 0 amide bonds. The summed E-state index contributed by atoms with van der Waals surface area (Å²) in [6, 6.07) is 1.27. The van der Waals surface area contributed by atoms with Crippen LogP contribution in [0.5, 0.6) is 0 Å². The first kappa shape index (κ1) is 28.3. The van der Waals surface area contributed by atoms with Gasteiger partial charge in [-0.05, 0) is 69.2 Å². The van der Waals surface area contributed by atoms with E-state index in [1.54, 1.807) is 0 Å². The SMILES string of the molecule is CC(C)N(C[P+](C)(C(C)(C)C)C(C)(C)C)C(C)C.O=S(=O)([O-])C(F)(F)F. The van der Waals surface area contributed by atoms with Crippen LogP contribution in [0.2, 0.25) is 0 Å². The second-order valence-corrected chi connectivity index (χ2v) is 16.0. The zero-order chi connectivity index (χ0) is 21.9. The minimum atomic E-state index is -6.09. The Morgan fingerprint density at radius 2 is 1.12 bits per heavy atom. The van der Waals surface area contributed by atoms with E-state index in [-0.39, 0.29) is 0 Å². The number of nitrogens with zero attached hydrogens (tertiary/aromatic N) is 1. The third kappa shape index (κ3) is 7.99. The van der Waals surface area contributed by atoms with Crippen LogP contribution >= 0.6 is 7.26 Å². The molecule has 0 aromatic heterocycles. The Labute approximate surface area is 159 Å². The van der Waals surface area contributed by atoms with Crippen LogP contribution in [0, 0.1) is 0 Å². The molecule has 4 nitrogen and oxygen atoms in total. The zero-order valence-electron chi connectivity index (χ0n) is 18.0. The number of halogens is 3. The summed E-state index contributed by atoms with van der Waals surface area (Å²) in [6.07, 6.45) is 1.27. The normalized spacial score (nSPS) is 14.7. The fourth-order valence-electron chi connectivity index (χ4n) is 2.68. The highest BCUT2D eigenvalue weighted by atomic mass is 32.2. The van der Waals surface area contributed by atoms with E-state index in [4.69, 9.17) is 13.0 Å². The first-order chi connectivity index (χ1) is 11.0. The Morgan fingerprint density at radius 3 is 1.23 bits per heavy atom. The fourth-order valence-corrected chi connectivity index (χ4v) is 6.85. The molecule has 0 unspecified atom stereocenters. The Hall–Kier alpha value is 0.0900. The van der Waals surface area contributed by atoms with Crippen molar-refractivity contribution >= 4 is 17.4 Å². The van der Waals surface area contributed by atoms with Crippen molar-refractivity contribution in [2.24, 2.45) is 0 Å². The van der Waals surface area contributed by atoms with Gasteiger partial charge in [0.1, 0.15) is 6.29 Å². The first-order valence-corrected chi connectivity index (χ1v) is 12.5. The lowest BCUT2D eigenvalue weighted by Crippen LogP contribution is -2.45. The highest BCUT2D eigenvalue weighted by Crippen LogP contribution is 2.74. The van der Waals surface area contributed by atoms with Gasteiger partial charge in [-0.25, -0.2) is 8.42 Å². The van der Waals surface area contributed by atoms with Gasteiger partial charge in [0, 0.05) is 19.3 Å². The molecule has 0 heterocycles. The van der Waals surface area contributed by atoms with Crippen LogP contribution in [0.3, 0.4) is 0 Å². The molecule has 0 saturated heterocycles. The second-order valence-electron chi connectivity index (χ2n) is 9.28. The van der Waals surface area contributed by atoms with Crippen molar-refractivity contribution in [2.75, 3.05) is 13.0 Å². The van der Waals surface area contributed by atoms with Crippen LogP contribution in [0.4, 0.5) is 13.2 Å². The van der Waals surface area contributed by atoms with Gasteiger partial charge in [-0.15, -0.1) is 0 Å². The van der Waals surface area contributed by atoms with E-state index < -0.39 is 22.9 Å². The van der Waals surface area contributed by atoms with Crippen molar-refractivity contribution in [2.45, 2.75) is 97.1 Å². The number of rotatable bonds is 4. The molecule has 0 atom stereocenters. The predicted octanol–water partition coefficient (Wildman–Crippen LogP) is 5.36. The molecule has 0 saturated carbocycles. The molecule has 0 aliphatic carbocycles. The van der Waals surface area contributed by atoms with Gasteiger partial charge in [0.15, 0.2) is 10.1 Å². The van der Waals surface area contributed by atoms with E-state index in [1.807, 2.05) is 0 Å². The van der Waals surface area contributed by atoms with Crippen LogP contribution in [0.1, 0.15) is 69.2 Å². The van der Waals surface area contributed by atoms with Gasteiger partial charge in [-0.2, -0.15) is 13.2 Å². The Morgan fingerprint density at radius 1 is 0.885 bits per heavy atom. The maximum Gasteiger partial charge on any atom is 0.485 e. The van der Waals surface area contributed by atoms with Gasteiger partial charge < -0.3 is 4.55 Å². The lowest BCUT2D eigenvalue weighted by Gasteiger charge is -2.48. The number of hydrogen-bond donors (Lipinski definition) is 0. The molecular weight excluding hydrogens is 386 g/mol. The molecular formula is C17H37F3NO3PS. The van der Waals surface area contributed by atoms with Crippen LogP contribution < -0.4 is 0 Å². The van der Waals surface area contributed by atoms with Crippen molar-refractivity contribution in [3.63, 3.8) is 0 Å². The third-order valence-electron chi connectivity index (χ3n) is 5.02. The smallest absolute Gasteiger partial charge is 0.485 e. The summed E-state index contributed by atoms with van der Waals surface area (Å²) >= 11 is 0. The molecule has 0 spiro atoms. The maximum absolute atomic E-state index is 10.7. The van der Waals surface area contributed by atoms with Gasteiger partial charge in [-0.1, -0.05) is 0 Å². The maximum atomic E-state index is 10.7. The van der Waals surface area contributed by atoms with Crippen molar-refractivity contribution in [1.29, 1.82) is 0 Å². The van der Waals surface area contributed by atoms with Gasteiger partial charge in [0.05, 0.1) is 17.0 Å². The van der Waals surface area contributed by atoms with Crippen molar-refractivity contribution < 1.29 is 26.1 Å². The minimum absolute atomic E-state index is 0.410. The Kier molecular flexibility index (Phi) is 9.86. The van der Waals surface area contributed by atoms with E-state index in [0.29, 0.717) is 22.4 Å². The summed E-state index contributed by atoms with van der Waals surface area (Å²) in [4.78, 5) is 2.68.